The maximum Gasteiger partial charge on any atom is 0.272 e. The number of methoxy groups -OCH3 is 1. The van der Waals surface area contributed by atoms with Crippen LogP contribution in [-0.2, 0) is 4.74 Å². The molecule has 0 bridgehead atoms. The lowest BCUT2D eigenvalue weighted by molar-refractivity contribution is 0.0739. The molecule has 148 valence electrons. The molecule has 2 fully saturated rings. The minimum Gasteiger partial charge on any atom is -0.497 e. The second-order valence-electron chi connectivity index (χ2n) is 7.20. The number of ether oxygens (including phenoxy) is 2. The summed E-state index contributed by atoms with van der Waals surface area (Å²) in [5, 5.41) is 0. The molecule has 3 heterocycles. The predicted octanol–water partition coefficient (Wildman–Crippen LogP) is 2.34. The van der Waals surface area contributed by atoms with Crippen molar-refractivity contribution < 1.29 is 14.3 Å². The van der Waals surface area contributed by atoms with Crippen molar-refractivity contribution in [1.82, 2.24) is 14.9 Å². The van der Waals surface area contributed by atoms with E-state index in [0.29, 0.717) is 24.7 Å². The van der Waals surface area contributed by atoms with E-state index >= 15 is 0 Å². The molecule has 0 aliphatic carbocycles. The Morgan fingerprint density at radius 3 is 2.64 bits per heavy atom. The van der Waals surface area contributed by atoms with Crippen molar-refractivity contribution in [2.45, 2.75) is 18.8 Å². The molecule has 1 aromatic carbocycles. The number of rotatable bonds is 4. The molecule has 7 heteroatoms. The van der Waals surface area contributed by atoms with Gasteiger partial charge in [-0.25, -0.2) is 9.97 Å². The summed E-state index contributed by atoms with van der Waals surface area (Å²) in [4.78, 5) is 25.8. The summed E-state index contributed by atoms with van der Waals surface area (Å²) in [6.45, 7) is 4.43. The van der Waals surface area contributed by atoms with Gasteiger partial charge >= 0.3 is 0 Å². The highest BCUT2D eigenvalue weighted by Gasteiger charge is 2.25. The largest absolute Gasteiger partial charge is 0.497 e. The van der Waals surface area contributed by atoms with Gasteiger partial charge in [0.05, 0.1) is 7.11 Å². The number of hydrogen-bond donors (Lipinski definition) is 0. The normalized spacial score (nSPS) is 18.2. The van der Waals surface area contributed by atoms with Crippen molar-refractivity contribution in [3.63, 3.8) is 0 Å². The molecule has 1 aromatic heterocycles. The minimum atomic E-state index is -0.0130. The van der Waals surface area contributed by atoms with Crippen molar-refractivity contribution in [3.8, 4) is 5.75 Å². The summed E-state index contributed by atoms with van der Waals surface area (Å²) in [5.41, 5.74) is 2.57. The van der Waals surface area contributed by atoms with Crippen molar-refractivity contribution in [2.24, 2.45) is 0 Å². The number of anilines is 1. The van der Waals surface area contributed by atoms with E-state index in [1.807, 2.05) is 29.2 Å². The van der Waals surface area contributed by atoms with Gasteiger partial charge in [0, 0.05) is 62.8 Å². The van der Waals surface area contributed by atoms with Crippen LogP contribution in [0.2, 0.25) is 0 Å². The number of hydrogen-bond acceptors (Lipinski definition) is 6. The molecule has 0 radical (unpaired) electrons. The van der Waals surface area contributed by atoms with E-state index in [1.165, 1.54) is 6.33 Å². The third-order valence-electron chi connectivity index (χ3n) is 5.53. The van der Waals surface area contributed by atoms with Crippen LogP contribution in [0.4, 0.5) is 5.69 Å². The quantitative estimate of drug-likeness (QED) is 0.809. The first-order chi connectivity index (χ1) is 13.7. The van der Waals surface area contributed by atoms with Gasteiger partial charge in [-0.3, -0.25) is 4.79 Å². The molecular weight excluding hydrogens is 356 g/mol. The number of amides is 1. The van der Waals surface area contributed by atoms with Crippen LogP contribution in [-0.4, -0.2) is 67.3 Å². The molecule has 0 saturated carbocycles. The van der Waals surface area contributed by atoms with Crippen LogP contribution in [0.15, 0.2) is 36.7 Å². The predicted molar refractivity (Wildman–Crippen MR) is 106 cm³/mol. The maximum atomic E-state index is 13.0. The molecule has 2 aliphatic heterocycles. The lowest BCUT2D eigenvalue weighted by Crippen LogP contribution is -2.49. The second-order valence-corrected chi connectivity index (χ2v) is 7.20. The first-order valence-electron chi connectivity index (χ1n) is 9.82. The Balaban J connectivity index is 1.40. The highest BCUT2D eigenvalue weighted by atomic mass is 16.5. The van der Waals surface area contributed by atoms with Gasteiger partial charge in [-0.1, -0.05) is 6.07 Å². The van der Waals surface area contributed by atoms with Crippen LogP contribution in [0, 0.1) is 0 Å². The van der Waals surface area contributed by atoms with Gasteiger partial charge in [-0.05, 0) is 31.0 Å². The first kappa shape index (κ1) is 18.7. The molecule has 2 saturated heterocycles. The molecule has 1 amide bonds. The van der Waals surface area contributed by atoms with Gasteiger partial charge in [-0.2, -0.15) is 0 Å². The van der Waals surface area contributed by atoms with Gasteiger partial charge < -0.3 is 19.3 Å². The van der Waals surface area contributed by atoms with Crippen molar-refractivity contribution >= 4 is 11.6 Å². The van der Waals surface area contributed by atoms with Crippen molar-refractivity contribution in [1.29, 1.82) is 0 Å². The average molecular weight is 382 g/mol. The molecule has 0 spiro atoms. The second kappa shape index (κ2) is 8.56. The first-order valence-corrected chi connectivity index (χ1v) is 9.82. The fourth-order valence-corrected chi connectivity index (χ4v) is 3.84. The SMILES string of the molecule is COc1cccc(N2CCN(C(=O)c3cc(C4CCOCC4)ncn3)CC2)c1. The summed E-state index contributed by atoms with van der Waals surface area (Å²) < 4.78 is 10.7. The summed E-state index contributed by atoms with van der Waals surface area (Å²) in [6, 6.07) is 9.90. The number of carbonyl (C=O) groups excluding carboxylic acids is 1. The van der Waals surface area contributed by atoms with E-state index in [-0.39, 0.29) is 5.91 Å². The molecule has 4 rings (SSSR count). The number of aromatic nitrogens is 2. The van der Waals surface area contributed by atoms with Crippen LogP contribution >= 0.6 is 0 Å². The fourth-order valence-electron chi connectivity index (χ4n) is 3.84. The molecule has 28 heavy (non-hydrogen) atoms. The number of piperazine rings is 1. The molecule has 0 N–H and O–H groups in total. The van der Waals surface area contributed by atoms with E-state index in [9.17, 15) is 4.79 Å². The molecule has 0 atom stereocenters. The lowest BCUT2D eigenvalue weighted by atomic mass is 9.96. The summed E-state index contributed by atoms with van der Waals surface area (Å²) in [6.07, 6.45) is 3.41. The van der Waals surface area contributed by atoms with Gasteiger partial charge in [0.1, 0.15) is 17.8 Å². The molecular formula is C21H26N4O3. The summed E-state index contributed by atoms with van der Waals surface area (Å²) in [5.74, 6) is 1.19. The van der Waals surface area contributed by atoms with E-state index in [2.05, 4.69) is 20.9 Å². The Hall–Kier alpha value is -2.67. The Morgan fingerprint density at radius 2 is 1.89 bits per heavy atom. The van der Waals surface area contributed by atoms with Crippen molar-refractivity contribution in [2.75, 3.05) is 51.4 Å². The standard InChI is InChI=1S/C21H26N4O3/c1-27-18-4-2-3-17(13-18)24-7-9-25(10-8-24)21(26)20-14-19(22-15-23-20)16-5-11-28-12-6-16/h2-4,13-16H,5-12H2,1H3. The zero-order chi connectivity index (χ0) is 19.3. The zero-order valence-corrected chi connectivity index (χ0v) is 16.2. The van der Waals surface area contributed by atoms with Crippen LogP contribution in [0.25, 0.3) is 0 Å². The molecule has 7 nitrogen and oxygen atoms in total. The Labute approximate surface area is 165 Å². The zero-order valence-electron chi connectivity index (χ0n) is 16.2. The topological polar surface area (TPSA) is 67.8 Å². The number of carbonyl (C=O) groups is 1. The van der Waals surface area contributed by atoms with Crippen molar-refractivity contribution in [3.05, 3.63) is 48.0 Å². The van der Waals surface area contributed by atoms with Crippen LogP contribution in [0.3, 0.4) is 0 Å². The third kappa shape index (κ3) is 4.09. The van der Waals surface area contributed by atoms with E-state index < -0.39 is 0 Å². The van der Waals surface area contributed by atoms with Gasteiger partial charge in [-0.15, -0.1) is 0 Å². The third-order valence-corrected chi connectivity index (χ3v) is 5.53. The van der Waals surface area contributed by atoms with E-state index in [4.69, 9.17) is 9.47 Å². The highest BCUT2D eigenvalue weighted by molar-refractivity contribution is 5.92. The highest BCUT2D eigenvalue weighted by Crippen LogP contribution is 2.26. The van der Waals surface area contributed by atoms with Crippen LogP contribution in [0.5, 0.6) is 5.75 Å². The average Bonchev–Trinajstić information content (AvgIpc) is 2.79. The van der Waals surface area contributed by atoms with Gasteiger partial charge in [0.25, 0.3) is 5.91 Å². The summed E-state index contributed by atoms with van der Waals surface area (Å²) >= 11 is 0. The van der Waals surface area contributed by atoms with Crippen LogP contribution < -0.4 is 9.64 Å². The molecule has 2 aromatic rings. The number of benzene rings is 1. The van der Waals surface area contributed by atoms with Gasteiger partial charge in [0.2, 0.25) is 0 Å². The smallest absolute Gasteiger partial charge is 0.272 e. The molecule has 2 aliphatic rings. The fraction of sp³-hybridized carbons (Fsp3) is 0.476. The Kier molecular flexibility index (Phi) is 5.71. The minimum absolute atomic E-state index is 0.0130. The maximum absolute atomic E-state index is 13.0. The monoisotopic (exact) mass is 382 g/mol. The van der Waals surface area contributed by atoms with Crippen LogP contribution in [0.1, 0.15) is 34.9 Å². The van der Waals surface area contributed by atoms with Gasteiger partial charge in [0.15, 0.2) is 0 Å². The lowest BCUT2D eigenvalue weighted by Gasteiger charge is -2.36. The Bertz CT molecular complexity index is 815. The van der Waals surface area contributed by atoms with E-state index in [0.717, 1.165) is 56.3 Å². The molecule has 0 unspecified atom stereocenters. The Morgan fingerprint density at radius 1 is 1.11 bits per heavy atom. The van der Waals surface area contributed by atoms with E-state index in [1.54, 1.807) is 7.11 Å². The summed E-state index contributed by atoms with van der Waals surface area (Å²) in [7, 11) is 1.67. The number of nitrogens with zero attached hydrogens (tertiary/aromatic N) is 4.